The van der Waals surface area contributed by atoms with E-state index in [1.165, 1.54) is 0 Å². The van der Waals surface area contributed by atoms with E-state index >= 15 is 0 Å². The zero-order valence-electron chi connectivity index (χ0n) is 13.5. The highest BCUT2D eigenvalue weighted by molar-refractivity contribution is 5.78. The lowest BCUT2D eigenvalue weighted by Gasteiger charge is -2.37. The number of ether oxygens (including phenoxy) is 1. The van der Waals surface area contributed by atoms with Gasteiger partial charge >= 0.3 is 6.09 Å². The fraction of sp³-hybridized carbons (Fsp3) is 0.867. The van der Waals surface area contributed by atoms with Gasteiger partial charge in [0.05, 0.1) is 0 Å². The van der Waals surface area contributed by atoms with Gasteiger partial charge < -0.3 is 15.0 Å². The summed E-state index contributed by atoms with van der Waals surface area (Å²) >= 11 is 0. The molecule has 1 N–H and O–H groups in total. The van der Waals surface area contributed by atoms with Gasteiger partial charge in [-0.25, -0.2) is 4.79 Å². The highest BCUT2D eigenvalue weighted by Crippen LogP contribution is 2.19. The molecule has 2 unspecified atom stereocenters. The van der Waals surface area contributed by atoms with Crippen LogP contribution in [0.5, 0.6) is 0 Å². The van der Waals surface area contributed by atoms with Gasteiger partial charge in [-0.2, -0.15) is 0 Å². The van der Waals surface area contributed by atoms with Gasteiger partial charge in [0.2, 0.25) is 5.91 Å². The minimum absolute atomic E-state index is 0.0150. The summed E-state index contributed by atoms with van der Waals surface area (Å²) in [5.41, 5.74) is -0.492. The van der Waals surface area contributed by atoms with Crippen LogP contribution in [0.2, 0.25) is 0 Å². The molecule has 2 amide bonds. The summed E-state index contributed by atoms with van der Waals surface area (Å²) in [6.07, 6.45) is 0.602. The molecule has 20 heavy (non-hydrogen) atoms. The molecule has 1 aliphatic rings. The summed E-state index contributed by atoms with van der Waals surface area (Å²) in [6.45, 7) is 12.6. The summed E-state index contributed by atoms with van der Waals surface area (Å²) in [5, 5.41) is 3.01. The monoisotopic (exact) mass is 284 g/mol. The molecule has 2 atom stereocenters. The largest absolute Gasteiger partial charge is 0.444 e. The number of rotatable bonds is 2. The molecule has 5 nitrogen and oxygen atoms in total. The molecule has 1 heterocycles. The van der Waals surface area contributed by atoms with E-state index in [1.54, 1.807) is 4.90 Å². The van der Waals surface area contributed by atoms with Crippen molar-refractivity contribution in [2.75, 3.05) is 13.1 Å². The van der Waals surface area contributed by atoms with E-state index in [0.717, 1.165) is 6.42 Å². The summed E-state index contributed by atoms with van der Waals surface area (Å²) in [7, 11) is 0. The lowest BCUT2D eigenvalue weighted by molar-refractivity contribution is -0.125. The van der Waals surface area contributed by atoms with Gasteiger partial charge in [0.15, 0.2) is 0 Å². The second-order valence-corrected chi connectivity index (χ2v) is 7.09. The van der Waals surface area contributed by atoms with Crippen LogP contribution in [-0.4, -0.2) is 41.6 Å². The van der Waals surface area contributed by atoms with Crippen LogP contribution >= 0.6 is 0 Å². The van der Waals surface area contributed by atoms with Crippen molar-refractivity contribution in [2.24, 2.45) is 11.8 Å². The zero-order chi connectivity index (χ0) is 15.5. The molecule has 0 aliphatic carbocycles. The fourth-order valence-electron chi connectivity index (χ4n) is 2.30. The molecule has 1 saturated heterocycles. The molecule has 0 aromatic heterocycles. The molecule has 0 bridgehead atoms. The van der Waals surface area contributed by atoms with Gasteiger partial charge in [0, 0.05) is 25.0 Å². The molecule has 0 radical (unpaired) electrons. The van der Waals surface area contributed by atoms with Crippen LogP contribution in [0.1, 0.15) is 48.0 Å². The highest BCUT2D eigenvalue weighted by atomic mass is 16.6. The molecule has 1 rings (SSSR count). The first-order valence-corrected chi connectivity index (χ1v) is 7.36. The third kappa shape index (κ3) is 5.39. The number of likely N-dealkylation sites (tertiary alicyclic amines) is 1. The molecule has 0 aromatic carbocycles. The van der Waals surface area contributed by atoms with Crippen LogP contribution in [0.4, 0.5) is 4.79 Å². The first-order valence-electron chi connectivity index (χ1n) is 7.36. The second-order valence-electron chi connectivity index (χ2n) is 7.09. The number of piperidine rings is 1. The van der Waals surface area contributed by atoms with Crippen molar-refractivity contribution in [3.05, 3.63) is 0 Å². The molecule has 0 aromatic rings. The van der Waals surface area contributed by atoms with Crippen molar-refractivity contribution in [1.29, 1.82) is 0 Å². The Morgan fingerprint density at radius 2 is 1.85 bits per heavy atom. The molecular weight excluding hydrogens is 256 g/mol. The molecule has 0 saturated carbocycles. The van der Waals surface area contributed by atoms with E-state index in [4.69, 9.17) is 4.74 Å². The Balaban J connectivity index is 2.61. The third-order valence-electron chi connectivity index (χ3n) is 3.18. The molecular formula is C15H28N2O3. The van der Waals surface area contributed by atoms with Crippen LogP contribution in [0.3, 0.4) is 0 Å². The average Bonchev–Trinajstić information content (AvgIpc) is 2.25. The Morgan fingerprint density at radius 3 is 2.35 bits per heavy atom. The van der Waals surface area contributed by atoms with E-state index in [0.29, 0.717) is 19.0 Å². The maximum Gasteiger partial charge on any atom is 0.410 e. The van der Waals surface area contributed by atoms with Crippen molar-refractivity contribution in [1.82, 2.24) is 10.2 Å². The number of nitrogens with zero attached hydrogens (tertiary/aromatic N) is 1. The van der Waals surface area contributed by atoms with E-state index in [1.807, 2.05) is 34.6 Å². The molecule has 5 heteroatoms. The highest BCUT2D eigenvalue weighted by Gasteiger charge is 2.31. The van der Waals surface area contributed by atoms with Gasteiger partial charge in [-0.3, -0.25) is 4.79 Å². The SMILES string of the molecule is CC1CC(NC(=O)C(C)C)CN(C(=O)OC(C)(C)C)C1. The summed E-state index contributed by atoms with van der Waals surface area (Å²) in [4.78, 5) is 25.6. The second kappa shape index (κ2) is 6.46. The first kappa shape index (κ1) is 16.8. The Labute approximate surface area is 122 Å². The van der Waals surface area contributed by atoms with Crippen molar-refractivity contribution < 1.29 is 14.3 Å². The van der Waals surface area contributed by atoms with E-state index < -0.39 is 5.60 Å². The van der Waals surface area contributed by atoms with Crippen molar-refractivity contribution >= 4 is 12.0 Å². The number of carbonyl (C=O) groups is 2. The number of carbonyl (C=O) groups excluding carboxylic acids is 2. The maximum absolute atomic E-state index is 12.1. The molecule has 1 fully saturated rings. The van der Waals surface area contributed by atoms with Crippen molar-refractivity contribution in [3.8, 4) is 0 Å². The normalized spacial score (nSPS) is 23.6. The lowest BCUT2D eigenvalue weighted by Crippen LogP contribution is -2.53. The standard InChI is InChI=1S/C15H28N2O3/c1-10(2)13(18)16-12-7-11(3)8-17(9-12)14(19)20-15(4,5)6/h10-12H,7-9H2,1-6H3,(H,16,18). The topological polar surface area (TPSA) is 58.6 Å². The Hall–Kier alpha value is -1.26. The Morgan fingerprint density at radius 1 is 1.25 bits per heavy atom. The molecule has 116 valence electrons. The summed E-state index contributed by atoms with van der Waals surface area (Å²) in [5.74, 6) is 0.351. The predicted octanol–water partition coefficient (Wildman–Crippen LogP) is 2.40. The zero-order valence-corrected chi connectivity index (χ0v) is 13.5. The van der Waals surface area contributed by atoms with Crippen LogP contribution in [0.25, 0.3) is 0 Å². The number of amides is 2. The van der Waals surface area contributed by atoms with Crippen LogP contribution < -0.4 is 5.32 Å². The fourth-order valence-corrected chi connectivity index (χ4v) is 2.30. The number of hydrogen-bond donors (Lipinski definition) is 1. The van der Waals surface area contributed by atoms with Crippen LogP contribution in [-0.2, 0) is 9.53 Å². The van der Waals surface area contributed by atoms with Gasteiger partial charge in [-0.1, -0.05) is 20.8 Å². The minimum Gasteiger partial charge on any atom is -0.444 e. The smallest absolute Gasteiger partial charge is 0.410 e. The van der Waals surface area contributed by atoms with Crippen LogP contribution in [0.15, 0.2) is 0 Å². The number of nitrogens with one attached hydrogen (secondary N) is 1. The molecule has 1 aliphatic heterocycles. The van der Waals surface area contributed by atoms with E-state index in [9.17, 15) is 9.59 Å². The predicted molar refractivity (Wildman–Crippen MR) is 78.4 cm³/mol. The van der Waals surface area contributed by atoms with Crippen LogP contribution in [0, 0.1) is 11.8 Å². The van der Waals surface area contributed by atoms with E-state index in [-0.39, 0.29) is 24.0 Å². The van der Waals surface area contributed by atoms with Gasteiger partial charge in [-0.15, -0.1) is 0 Å². The van der Waals surface area contributed by atoms with Crippen molar-refractivity contribution in [2.45, 2.75) is 59.6 Å². The summed E-state index contributed by atoms with van der Waals surface area (Å²) in [6, 6.07) is 0.0150. The summed E-state index contributed by atoms with van der Waals surface area (Å²) < 4.78 is 5.40. The van der Waals surface area contributed by atoms with Gasteiger partial charge in [0.25, 0.3) is 0 Å². The average molecular weight is 284 g/mol. The minimum atomic E-state index is -0.492. The van der Waals surface area contributed by atoms with Gasteiger partial charge in [0.1, 0.15) is 5.60 Å². The van der Waals surface area contributed by atoms with Gasteiger partial charge in [-0.05, 0) is 33.1 Å². The van der Waals surface area contributed by atoms with Crippen molar-refractivity contribution in [3.63, 3.8) is 0 Å². The molecule has 0 spiro atoms. The van der Waals surface area contributed by atoms with E-state index in [2.05, 4.69) is 12.2 Å². The quantitative estimate of drug-likeness (QED) is 0.847. The maximum atomic E-state index is 12.1. The first-order chi connectivity index (χ1) is 9.08. The Kier molecular flexibility index (Phi) is 5.42. The third-order valence-corrected chi connectivity index (χ3v) is 3.18. The Bertz CT molecular complexity index is 361. The lowest BCUT2D eigenvalue weighted by atomic mass is 9.96. The number of hydrogen-bond acceptors (Lipinski definition) is 3.